The van der Waals surface area contributed by atoms with Crippen molar-refractivity contribution in [1.29, 1.82) is 0 Å². The number of hydrogen-bond donors (Lipinski definition) is 1. The third-order valence-electron chi connectivity index (χ3n) is 2.38. The largest absolute Gasteiger partial charge is 0.292 e. The summed E-state index contributed by atoms with van der Waals surface area (Å²) in [6.07, 6.45) is 1.84. The number of amides is 2. The molecule has 1 aromatic rings. The summed E-state index contributed by atoms with van der Waals surface area (Å²) in [5, 5.41) is 5.18. The lowest BCUT2D eigenvalue weighted by Gasteiger charge is -2.13. The second-order valence-corrected chi connectivity index (χ2v) is 5.91. The number of rotatable bonds is 1. The molecule has 0 unspecified atom stereocenters. The number of carbonyl (C=O) groups excluding carboxylic acids is 2. The zero-order valence-electron chi connectivity index (χ0n) is 10.0. The van der Waals surface area contributed by atoms with Gasteiger partial charge in [0.1, 0.15) is 0 Å². The maximum absolute atomic E-state index is 11.4. The van der Waals surface area contributed by atoms with Crippen LogP contribution in [-0.4, -0.2) is 16.8 Å². The number of nitrogens with zero attached hydrogens (tertiary/aromatic N) is 1. The first-order valence-electron chi connectivity index (χ1n) is 5.37. The van der Waals surface area contributed by atoms with Gasteiger partial charge < -0.3 is 0 Å². The minimum Gasteiger partial charge on any atom is -0.292 e. The molecule has 1 aliphatic rings. The first-order valence-corrected chi connectivity index (χ1v) is 6.25. The van der Waals surface area contributed by atoms with Crippen LogP contribution in [0.25, 0.3) is 6.08 Å². The molecule has 90 valence electrons. The molecule has 1 fully saturated rings. The molecule has 17 heavy (non-hydrogen) atoms. The van der Waals surface area contributed by atoms with Gasteiger partial charge in [-0.3, -0.25) is 14.9 Å². The maximum Gasteiger partial charge on any atom is 0.254 e. The van der Waals surface area contributed by atoms with Gasteiger partial charge in [-0.15, -0.1) is 11.3 Å². The highest BCUT2D eigenvalue weighted by Crippen LogP contribution is 2.26. The van der Waals surface area contributed by atoms with Crippen molar-refractivity contribution in [3.05, 3.63) is 21.7 Å². The molecule has 5 heteroatoms. The summed E-state index contributed by atoms with van der Waals surface area (Å²) in [5.74, 6) is -0.548. The Kier molecular flexibility index (Phi) is 2.87. The van der Waals surface area contributed by atoms with Crippen LogP contribution in [0.3, 0.4) is 0 Å². The minimum absolute atomic E-state index is 0.00910. The Labute approximate surface area is 104 Å². The van der Waals surface area contributed by atoms with Crippen LogP contribution >= 0.6 is 11.3 Å². The van der Waals surface area contributed by atoms with E-state index in [4.69, 9.17) is 0 Å². The van der Waals surface area contributed by atoms with Crippen molar-refractivity contribution in [2.75, 3.05) is 0 Å². The van der Waals surface area contributed by atoms with E-state index in [2.05, 4.69) is 31.1 Å². The third-order valence-corrected chi connectivity index (χ3v) is 3.67. The van der Waals surface area contributed by atoms with E-state index in [-0.39, 0.29) is 23.7 Å². The van der Waals surface area contributed by atoms with Gasteiger partial charge in [0.2, 0.25) is 5.91 Å². The second-order valence-electron chi connectivity index (χ2n) is 5.05. The molecule has 4 nitrogen and oxygen atoms in total. The van der Waals surface area contributed by atoms with E-state index in [0.717, 1.165) is 10.7 Å². The van der Waals surface area contributed by atoms with E-state index in [1.165, 1.54) is 0 Å². The molecule has 1 N–H and O–H groups in total. The number of carbonyl (C=O) groups is 2. The fourth-order valence-electron chi connectivity index (χ4n) is 1.50. The van der Waals surface area contributed by atoms with Crippen LogP contribution in [-0.2, 0) is 15.0 Å². The van der Waals surface area contributed by atoms with Gasteiger partial charge >= 0.3 is 0 Å². The molecule has 2 rings (SSSR count). The summed E-state index contributed by atoms with van der Waals surface area (Å²) in [6, 6.07) is 0. The van der Waals surface area contributed by atoms with Gasteiger partial charge in [-0.05, 0) is 6.08 Å². The predicted molar refractivity (Wildman–Crippen MR) is 66.6 cm³/mol. The molecule has 0 saturated carbocycles. The van der Waals surface area contributed by atoms with E-state index in [1.807, 2.05) is 5.38 Å². The van der Waals surface area contributed by atoms with Gasteiger partial charge in [-0.1, -0.05) is 20.8 Å². The Morgan fingerprint density at radius 2 is 2.12 bits per heavy atom. The normalized spacial score (nSPS) is 18.9. The highest BCUT2D eigenvalue weighted by Gasteiger charge is 2.24. The van der Waals surface area contributed by atoms with Crippen LogP contribution in [0, 0.1) is 0 Å². The number of nitrogens with one attached hydrogen (secondary N) is 1. The Balaban J connectivity index is 2.25. The minimum atomic E-state index is -0.305. The Hall–Kier alpha value is -1.49. The van der Waals surface area contributed by atoms with Crippen LogP contribution in [0.2, 0.25) is 0 Å². The average molecular weight is 250 g/mol. The summed E-state index contributed by atoms with van der Waals surface area (Å²) >= 11 is 1.57. The Morgan fingerprint density at radius 1 is 1.41 bits per heavy atom. The van der Waals surface area contributed by atoms with Crippen LogP contribution in [0.5, 0.6) is 0 Å². The van der Waals surface area contributed by atoms with Gasteiger partial charge in [0.15, 0.2) is 0 Å². The van der Waals surface area contributed by atoms with Crippen molar-refractivity contribution in [3.8, 4) is 0 Å². The third kappa shape index (κ3) is 2.61. The summed E-state index contributed by atoms with van der Waals surface area (Å²) in [4.78, 5) is 26.9. The zero-order chi connectivity index (χ0) is 12.6. The summed E-state index contributed by atoms with van der Waals surface area (Å²) < 4.78 is 0. The van der Waals surface area contributed by atoms with Crippen molar-refractivity contribution in [2.24, 2.45) is 0 Å². The quantitative estimate of drug-likeness (QED) is 0.611. The summed E-state index contributed by atoms with van der Waals surface area (Å²) in [6.45, 7) is 6.28. The number of thiazole rings is 1. The Bertz CT molecular complexity index is 509. The van der Waals surface area contributed by atoms with Crippen molar-refractivity contribution >= 4 is 29.2 Å². The van der Waals surface area contributed by atoms with E-state index >= 15 is 0 Å². The lowest BCUT2D eigenvalue weighted by atomic mass is 9.98. The summed E-state index contributed by atoms with van der Waals surface area (Å²) in [5.41, 5.74) is 1.25. The van der Waals surface area contributed by atoms with Crippen molar-refractivity contribution in [2.45, 2.75) is 32.6 Å². The van der Waals surface area contributed by atoms with Crippen LogP contribution < -0.4 is 5.32 Å². The van der Waals surface area contributed by atoms with Crippen molar-refractivity contribution < 1.29 is 9.59 Å². The highest BCUT2D eigenvalue weighted by atomic mass is 32.1. The molecular formula is C12H14N2O2S. The predicted octanol–water partition coefficient (Wildman–Crippen LogP) is 1.87. The molecule has 1 aliphatic heterocycles. The SMILES string of the molecule is CC(C)(C)c1nc(/C=C2/CC(=O)NC2=O)cs1. The molecule has 0 spiro atoms. The average Bonchev–Trinajstić information content (AvgIpc) is 2.74. The topological polar surface area (TPSA) is 59.1 Å². The van der Waals surface area contributed by atoms with Crippen molar-refractivity contribution in [1.82, 2.24) is 10.3 Å². The molecule has 0 atom stereocenters. The fraction of sp³-hybridized carbons (Fsp3) is 0.417. The Morgan fingerprint density at radius 3 is 2.59 bits per heavy atom. The van der Waals surface area contributed by atoms with Gasteiger partial charge in [0.25, 0.3) is 5.91 Å². The lowest BCUT2D eigenvalue weighted by Crippen LogP contribution is -2.19. The lowest BCUT2D eigenvalue weighted by molar-refractivity contribution is -0.124. The molecule has 2 amide bonds. The molecule has 2 heterocycles. The second kappa shape index (κ2) is 4.07. The van der Waals surface area contributed by atoms with E-state index in [9.17, 15) is 9.59 Å². The van der Waals surface area contributed by atoms with E-state index in [1.54, 1.807) is 17.4 Å². The molecule has 1 aromatic heterocycles. The van der Waals surface area contributed by atoms with E-state index in [0.29, 0.717) is 5.57 Å². The molecule has 0 radical (unpaired) electrons. The first kappa shape index (κ1) is 12.0. The maximum atomic E-state index is 11.4. The number of hydrogen-bond acceptors (Lipinski definition) is 4. The van der Waals surface area contributed by atoms with Gasteiger partial charge in [-0.2, -0.15) is 0 Å². The molecule has 0 aliphatic carbocycles. The summed E-state index contributed by atoms with van der Waals surface area (Å²) in [7, 11) is 0. The highest BCUT2D eigenvalue weighted by molar-refractivity contribution is 7.09. The van der Waals surface area contributed by atoms with Crippen LogP contribution in [0.4, 0.5) is 0 Å². The molecule has 1 saturated heterocycles. The van der Waals surface area contributed by atoms with Gasteiger partial charge in [-0.25, -0.2) is 4.98 Å². The molecular weight excluding hydrogens is 236 g/mol. The number of imide groups is 1. The first-order chi connectivity index (χ1) is 7.86. The van der Waals surface area contributed by atoms with Gasteiger partial charge in [0.05, 0.1) is 17.1 Å². The number of aromatic nitrogens is 1. The monoisotopic (exact) mass is 250 g/mol. The van der Waals surface area contributed by atoms with Gasteiger partial charge in [0, 0.05) is 16.4 Å². The van der Waals surface area contributed by atoms with Crippen molar-refractivity contribution in [3.63, 3.8) is 0 Å². The molecule has 0 aromatic carbocycles. The standard InChI is InChI=1S/C12H14N2O2S/c1-12(2,3)11-13-8(6-17-11)4-7-5-9(15)14-10(7)16/h4,6H,5H2,1-3H3,(H,14,15,16)/b7-4-. The smallest absolute Gasteiger partial charge is 0.254 e. The van der Waals surface area contributed by atoms with Crippen LogP contribution in [0.15, 0.2) is 11.0 Å². The molecule has 0 bridgehead atoms. The zero-order valence-corrected chi connectivity index (χ0v) is 10.9. The van der Waals surface area contributed by atoms with E-state index < -0.39 is 0 Å². The fourth-order valence-corrected chi connectivity index (χ4v) is 2.36. The van der Waals surface area contributed by atoms with Crippen LogP contribution in [0.1, 0.15) is 37.9 Å².